The van der Waals surface area contributed by atoms with Crippen molar-refractivity contribution >= 4 is 11.9 Å². The van der Waals surface area contributed by atoms with E-state index in [2.05, 4.69) is 62.0 Å². The minimum atomic E-state index is -0.130. The zero-order valence-electron chi connectivity index (χ0n) is 35.4. The Morgan fingerprint density at radius 1 is 0.407 bits per heavy atom. The molecule has 0 saturated heterocycles. The van der Waals surface area contributed by atoms with Crippen LogP contribution in [0, 0.1) is 0 Å². The normalized spacial score (nSPS) is 11.4. The highest BCUT2D eigenvalue weighted by Gasteiger charge is 2.08. The molecule has 0 aliphatic carbocycles. The largest absolute Gasteiger partial charge is 0.461 e. The van der Waals surface area contributed by atoms with Gasteiger partial charge in [0.15, 0.2) is 0 Å². The average molecular weight is 749 g/mol. The van der Waals surface area contributed by atoms with E-state index >= 15 is 0 Å². The first-order chi connectivity index (χ1) is 26.4. The maximum Gasteiger partial charge on any atom is 0.306 e. The van der Waals surface area contributed by atoms with Crippen molar-refractivity contribution in [3.63, 3.8) is 0 Å². The second kappa shape index (κ2) is 32.5. The molecule has 6 heteroatoms. The molecule has 0 saturated carbocycles. The molecule has 0 fully saturated rings. The highest BCUT2D eigenvalue weighted by Crippen LogP contribution is 2.21. The maximum atomic E-state index is 12.4. The lowest BCUT2D eigenvalue weighted by molar-refractivity contribution is -0.146. The molecule has 0 bridgehead atoms. The molecule has 0 unspecified atom stereocenters. The number of hydrogen-bond donors (Lipinski definition) is 0. The van der Waals surface area contributed by atoms with E-state index in [-0.39, 0.29) is 11.9 Å². The molecule has 2 rings (SSSR count). The fourth-order valence-electron chi connectivity index (χ4n) is 7.01. The van der Waals surface area contributed by atoms with E-state index in [0.717, 1.165) is 61.3 Å². The van der Waals surface area contributed by atoms with Gasteiger partial charge in [-0.1, -0.05) is 178 Å². The van der Waals surface area contributed by atoms with Gasteiger partial charge >= 0.3 is 11.9 Å². The Morgan fingerprint density at radius 3 is 1.00 bits per heavy atom. The predicted molar refractivity (Wildman–Crippen MR) is 229 cm³/mol. The van der Waals surface area contributed by atoms with Crippen molar-refractivity contribution in [3.05, 3.63) is 59.7 Å². The quantitative estimate of drug-likeness (QED) is 0.0517. The number of carbonyl (C=O) groups excluding carboxylic acids is 2. The van der Waals surface area contributed by atoms with Crippen LogP contribution in [0.15, 0.2) is 48.5 Å². The molecular weight excluding hydrogens is 669 g/mol. The second-order valence-corrected chi connectivity index (χ2v) is 15.9. The summed E-state index contributed by atoms with van der Waals surface area (Å²) in [5.74, 6) is -0.260. The van der Waals surface area contributed by atoms with Gasteiger partial charge in [-0.2, -0.15) is 0 Å². The highest BCUT2D eigenvalue weighted by atomic mass is 16.5. The van der Waals surface area contributed by atoms with Gasteiger partial charge in [0.05, 0.1) is 0 Å². The summed E-state index contributed by atoms with van der Waals surface area (Å²) < 4.78 is 11.1. The van der Waals surface area contributed by atoms with E-state index < -0.39 is 0 Å². The lowest BCUT2D eigenvalue weighted by Crippen LogP contribution is -2.21. The van der Waals surface area contributed by atoms with E-state index in [1.807, 2.05) is 24.3 Å². The van der Waals surface area contributed by atoms with Crippen LogP contribution in [0.4, 0.5) is 0 Å². The number of hydrogen-bond acceptors (Lipinski definition) is 6. The number of unbranched alkanes of at least 4 members (excludes halogenated alkanes) is 18. The van der Waals surface area contributed by atoms with Gasteiger partial charge in [0.2, 0.25) is 0 Å². The van der Waals surface area contributed by atoms with E-state index in [9.17, 15) is 9.59 Å². The minimum absolute atomic E-state index is 0.130. The van der Waals surface area contributed by atoms with Crippen LogP contribution in [-0.4, -0.2) is 62.0 Å². The van der Waals surface area contributed by atoms with Crippen LogP contribution in [-0.2, 0) is 32.3 Å². The summed E-state index contributed by atoms with van der Waals surface area (Å²) in [4.78, 5) is 29.4. The van der Waals surface area contributed by atoms with Gasteiger partial charge < -0.3 is 19.3 Å². The fraction of sp³-hybridized carbons (Fsp3) is 0.708. The molecule has 0 aliphatic rings. The van der Waals surface area contributed by atoms with Crippen LogP contribution in [0.3, 0.4) is 0 Å². The van der Waals surface area contributed by atoms with Crippen molar-refractivity contribution in [2.75, 3.05) is 40.3 Å². The Balaban J connectivity index is 1.50. The monoisotopic (exact) mass is 749 g/mol. The van der Waals surface area contributed by atoms with Gasteiger partial charge in [-0.15, -0.1) is 0 Å². The molecule has 306 valence electrons. The number of ether oxygens (including phenoxy) is 2. The SMILES string of the molecule is CCCCCCCCCCCCN(C)CCCC(=O)OCc1ccc(-c2ccc(COC(=O)CCCN(C)CCCCCCCCCCCC)cc2)cc1. The zero-order chi connectivity index (χ0) is 38.9. The van der Waals surface area contributed by atoms with Crippen molar-refractivity contribution in [1.29, 1.82) is 0 Å². The molecule has 0 atom stereocenters. The first-order valence-electron chi connectivity index (χ1n) is 22.3. The summed E-state index contributed by atoms with van der Waals surface area (Å²) in [7, 11) is 4.31. The third kappa shape index (κ3) is 25.4. The first-order valence-corrected chi connectivity index (χ1v) is 22.3. The van der Waals surface area contributed by atoms with Crippen LogP contribution in [0.2, 0.25) is 0 Å². The Morgan fingerprint density at radius 2 is 0.685 bits per heavy atom. The summed E-state index contributed by atoms with van der Waals surface area (Å²) in [6.45, 7) is 9.21. The van der Waals surface area contributed by atoms with Gasteiger partial charge in [-0.25, -0.2) is 0 Å². The standard InChI is InChI=1S/C48H80N2O4/c1-5-7-9-11-13-15-17-19-21-23-37-49(3)39-25-27-47(51)53-41-43-29-33-45(34-30-43)46-35-31-44(32-36-46)42-54-48(52)28-26-40-50(4)38-24-22-20-18-16-14-12-10-8-6-2/h29-36H,5-28,37-42H2,1-4H3. The lowest BCUT2D eigenvalue weighted by Gasteiger charge is -2.16. The van der Waals surface area contributed by atoms with Gasteiger partial charge in [0.1, 0.15) is 13.2 Å². The summed E-state index contributed by atoms with van der Waals surface area (Å²) in [6.07, 6.45) is 29.7. The third-order valence-corrected chi connectivity index (χ3v) is 10.7. The summed E-state index contributed by atoms with van der Waals surface area (Å²) in [5.41, 5.74) is 4.17. The van der Waals surface area contributed by atoms with Crippen molar-refractivity contribution in [2.45, 2.75) is 181 Å². The summed E-state index contributed by atoms with van der Waals surface area (Å²) in [6, 6.07) is 16.3. The van der Waals surface area contributed by atoms with Gasteiger partial charge in [-0.3, -0.25) is 9.59 Å². The Labute approximate surface area is 332 Å². The van der Waals surface area contributed by atoms with Gasteiger partial charge in [0.25, 0.3) is 0 Å². The first kappa shape index (κ1) is 47.5. The van der Waals surface area contributed by atoms with E-state index in [1.54, 1.807) is 0 Å². The number of benzene rings is 2. The molecule has 54 heavy (non-hydrogen) atoms. The van der Waals surface area contributed by atoms with Crippen LogP contribution >= 0.6 is 0 Å². The summed E-state index contributed by atoms with van der Waals surface area (Å²) in [5, 5.41) is 0. The molecule has 2 aromatic carbocycles. The number of nitrogens with zero attached hydrogens (tertiary/aromatic N) is 2. The highest BCUT2D eigenvalue weighted by molar-refractivity contribution is 5.70. The lowest BCUT2D eigenvalue weighted by atomic mass is 10.0. The van der Waals surface area contributed by atoms with Crippen molar-refractivity contribution in [1.82, 2.24) is 9.80 Å². The Bertz CT molecular complexity index is 1090. The Kier molecular flexibility index (Phi) is 28.6. The topological polar surface area (TPSA) is 59.1 Å². The van der Waals surface area contributed by atoms with Gasteiger partial charge in [0, 0.05) is 12.8 Å². The molecule has 0 heterocycles. The number of rotatable bonds is 35. The second-order valence-electron chi connectivity index (χ2n) is 15.9. The fourth-order valence-corrected chi connectivity index (χ4v) is 7.01. The summed E-state index contributed by atoms with van der Waals surface area (Å²) >= 11 is 0. The molecule has 0 aromatic heterocycles. The molecule has 0 amide bonds. The Hall–Kier alpha value is -2.70. The average Bonchev–Trinajstić information content (AvgIpc) is 3.18. The van der Waals surface area contributed by atoms with E-state index in [4.69, 9.17) is 9.47 Å². The van der Waals surface area contributed by atoms with Crippen molar-refractivity contribution in [3.8, 4) is 11.1 Å². The molecular formula is C48H80N2O4. The molecule has 0 spiro atoms. The molecule has 2 aromatic rings. The van der Waals surface area contributed by atoms with Crippen LogP contribution in [0.5, 0.6) is 0 Å². The molecule has 0 N–H and O–H groups in total. The van der Waals surface area contributed by atoms with Crippen LogP contribution < -0.4 is 0 Å². The minimum Gasteiger partial charge on any atom is -0.461 e. The van der Waals surface area contributed by atoms with E-state index in [0.29, 0.717) is 26.1 Å². The van der Waals surface area contributed by atoms with Crippen molar-refractivity contribution in [2.24, 2.45) is 0 Å². The zero-order valence-corrected chi connectivity index (χ0v) is 35.4. The van der Waals surface area contributed by atoms with E-state index in [1.165, 1.54) is 128 Å². The molecule has 0 radical (unpaired) electrons. The number of esters is 2. The predicted octanol–water partition coefficient (Wildman–Crippen LogP) is 12.7. The maximum absolute atomic E-state index is 12.4. The van der Waals surface area contributed by atoms with Crippen LogP contribution in [0.1, 0.15) is 179 Å². The third-order valence-electron chi connectivity index (χ3n) is 10.7. The van der Waals surface area contributed by atoms with Crippen molar-refractivity contribution < 1.29 is 19.1 Å². The van der Waals surface area contributed by atoms with Gasteiger partial charge in [-0.05, 0) is 88.2 Å². The molecule has 0 aliphatic heterocycles. The smallest absolute Gasteiger partial charge is 0.306 e. The van der Waals surface area contributed by atoms with Crippen LogP contribution in [0.25, 0.3) is 11.1 Å². The number of carbonyl (C=O) groups is 2. The molecule has 6 nitrogen and oxygen atoms in total.